The number of rotatable bonds is 4. The molecule has 8 heteroatoms. The Morgan fingerprint density at radius 1 is 1.41 bits per heavy atom. The van der Waals surface area contributed by atoms with Gasteiger partial charge in [0.2, 0.25) is 10.0 Å². The maximum absolute atomic E-state index is 11.8. The summed E-state index contributed by atoms with van der Waals surface area (Å²) in [6.07, 6.45) is 2.70. The summed E-state index contributed by atoms with van der Waals surface area (Å²) in [6, 6.07) is 4.22. The standard InChI is InChI=1S/C9H10N4O3S/c10-9-5-8(1-3-11-9)17(14,15)12-6-7-2-4-16-13-7/h1-5,12H,6H2,(H2,10,11). The van der Waals surface area contributed by atoms with Crippen LogP contribution in [0, 0.1) is 0 Å². The summed E-state index contributed by atoms with van der Waals surface area (Å²) in [5.74, 6) is 0.148. The van der Waals surface area contributed by atoms with Gasteiger partial charge in [0.25, 0.3) is 0 Å². The molecule has 2 aromatic heterocycles. The minimum Gasteiger partial charge on any atom is -0.384 e. The van der Waals surface area contributed by atoms with Gasteiger partial charge in [-0.1, -0.05) is 5.16 Å². The van der Waals surface area contributed by atoms with Gasteiger partial charge < -0.3 is 10.3 Å². The lowest BCUT2D eigenvalue weighted by atomic mass is 10.4. The van der Waals surface area contributed by atoms with Crippen molar-refractivity contribution in [1.29, 1.82) is 0 Å². The van der Waals surface area contributed by atoms with Crippen LogP contribution in [0.25, 0.3) is 0 Å². The number of nitrogens with one attached hydrogen (secondary N) is 1. The van der Waals surface area contributed by atoms with Gasteiger partial charge in [-0.2, -0.15) is 0 Å². The summed E-state index contributed by atoms with van der Waals surface area (Å²) < 4.78 is 30.6. The predicted octanol–water partition coefficient (Wildman–Crippen LogP) is 0.130. The number of sulfonamides is 1. The molecule has 7 nitrogen and oxygen atoms in total. The van der Waals surface area contributed by atoms with Crippen molar-refractivity contribution in [3.8, 4) is 0 Å². The Bertz CT molecular complexity index is 594. The van der Waals surface area contributed by atoms with E-state index < -0.39 is 10.0 Å². The van der Waals surface area contributed by atoms with Gasteiger partial charge in [0.15, 0.2) is 0 Å². The molecule has 0 aliphatic carbocycles. The van der Waals surface area contributed by atoms with Crippen LogP contribution in [0.3, 0.4) is 0 Å². The highest BCUT2D eigenvalue weighted by molar-refractivity contribution is 7.89. The van der Waals surface area contributed by atoms with Gasteiger partial charge in [0.1, 0.15) is 12.1 Å². The van der Waals surface area contributed by atoms with Gasteiger partial charge in [-0.15, -0.1) is 0 Å². The zero-order valence-electron chi connectivity index (χ0n) is 8.70. The van der Waals surface area contributed by atoms with Crippen molar-refractivity contribution in [2.24, 2.45) is 0 Å². The molecule has 2 heterocycles. The number of pyridine rings is 1. The molecular formula is C9H10N4O3S. The third kappa shape index (κ3) is 2.80. The van der Waals surface area contributed by atoms with Crippen molar-refractivity contribution in [3.05, 3.63) is 36.4 Å². The van der Waals surface area contributed by atoms with Gasteiger partial charge in [-0.05, 0) is 6.07 Å². The maximum atomic E-state index is 11.8. The molecule has 0 amide bonds. The number of hydrogen-bond donors (Lipinski definition) is 2. The maximum Gasteiger partial charge on any atom is 0.241 e. The molecule has 0 unspecified atom stereocenters. The van der Waals surface area contributed by atoms with E-state index in [2.05, 4.69) is 19.4 Å². The van der Waals surface area contributed by atoms with Crippen molar-refractivity contribution in [3.63, 3.8) is 0 Å². The zero-order chi connectivity index (χ0) is 12.3. The highest BCUT2D eigenvalue weighted by Crippen LogP contribution is 2.10. The van der Waals surface area contributed by atoms with Crippen LogP contribution in [0.2, 0.25) is 0 Å². The van der Waals surface area contributed by atoms with E-state index in [-0.39, 0.29) is 17.3 Å². The van der Waals surface area contributed by atoms with E-state index in [1.54, 1.807) is 6.07 Å². The topological polar surface area (TPSA) is 111 Å². The second kappa shape index (κ2) is 4.52. The van der Waals surface area contributed by atoms with E-state index in [4.69, 9.17) is 5.73 Å². The summed E-state index contributed by atoms with van der Waals surface area (Å²) >= 11 is 0. The average molecular weight is 254 g/mol. The van der Waals surface area contributed by atoms with Crippen LogP contribution in [0.4, 0.5) is 5.82 Å². The van der Waals surface area contributed by atoms with Crippen LogP contribution in [-0.2, 0) is 16.6 Å². The molecule has 0 aliphatic rings. The fourth-order valence-corrected chi connectivity index (χ4v) is 2.20. The Morgan fingerprint density at radius 3 is 2.88 bits per heavy atom. The van der Waals surface area contributed by atoms with E-state index in [0.717, 1.165) is 0 Å². The third-order valence-corrected chi connectivity index (χ3v) is 3.40. The molecule has 0 fully saturated rings. The van der Waals surface area contributed by atoms with Gasteiger partial charge in [-0.25, -0.2) is 18.1 Å². The monoisotopic (exact) mass is 254 g/mol. The van der Waals surface area contributed by atoms with Crippen LogP contribution in [0.5, 0.6) is 0 Å². The molecule has 0 saturated heterocycles. The summed E-state index contributed by atoms with van der Waals surface area (Å²) in [4.78, 5) is 3.78. The van der Waals surface area contributed by atoms with E-state index in [1.807, 2.05) is 0 Å². The van der Waals surface area contributed by atoms with Crippen LogP contribution < -0.4 is 10.5 Å². The molecule has 0 saturated carbocycles. The van der Waals surface area contributed by atoms with Gasteiger partial charge in [-0.3, -0.25) is 0 Å². The molecule has 0 aromatic carbocycles. The highest BCUT2D eigenvalue weighted by Gasteiger charge is 2.14. The van der Waals surface area contributed by atoms with Crippen molar-refractivity contribution in [2.45, 2.75) is 11.4 Å². The van der Waals surface area contributed by atoms with Crippen LogP contribution >= 0.6 is 0 Å². The zero-order valence-corrected chi connectivity index (χ0v) is 9.52. The molecule has 0 radical (unpaired) electrons. The summed E-state index contributed by atoms with van der Waals surface area (Å²) in [6.45, 7) is 0.0566. The lowest BCUT2D eigenvalue weighted by Crippen LogP contribution is -2.23. The predicted molar refractivity (Wildman–Crippen MR) is 59.2 cm³/mol. The summed E-state index contributed by atoms with van der Waals surface area (Å²) in [5, 5.41) is 3.59. The molecule has 17 heavy (non-hydrogen) atoms. The first-order valence-corrected chi connectivity index (χ1v) is 6.17. The molecule has 0 spiro atoms. The minimum atomic E-state index is -3.61. The third-order valence-electron chi connectivity index (χ3n) is 2.00. The molecule has 2 aromatic rings. The fourth-order valence-electron chi connectivity index (χ4n) is 1.18. The Hall–Kier alpha value is -1.93. The van der Waals surface area contributed by atoms with Gasteiger partial charge >= 0.3 is 0 Å². The molecule has 90 valence electrons. The Balaban J connectivity index is 2.14. The van der Waals surface area contributed by atoms with Gasteiger partial charge in [0, 0.05) is 18.3 Å². The highest BCUT2D eigenvalue weighted by atomic mass is 32.2. The molecule has 0 bridgehead atoms. The van der Waals surface area contributed by atoms with E-state index >= 15 is 0 Å². The van der Waals surface area contributed by atoms with Crippen molar-refractivity contribution in [1.82, 2.24) is 14.9 Å². The normalized spacial score (nSPS) is 11.5. The number of hydrogen-bond acceptors (Lipinski definition) is 6. The van der Waals surface area contributed by atoms with E-state index in [0.29, 0.717) is 5.69 Å². The van der Waals surface area contributed by atoms with Crippen LogP contribution in [0.1, 0.15) is 5.69 Å². The van der Waals surface area contributed by atoms with E-state index in [1.165, 1.54) is 24.6 Å². The number of anilines is 1. The molecule has 0 aliphatic heterocycles. The Kier molecular flexibility index (Phi) is 3.07. The first-order chi connectivity index (χ1) is 8.08. The van der Waals surface area contributed by atoms with Crippen LogP contribution in [-0.4, -0.2) is 18.6 Å². The minimum absolute atomic E-state index is 0.0566. The SMILES string of the molecule is Nc1cc(S(=O)(=O)NCc2ccon2)ccn1. The summed E-state index contributed by atoms with van der Waals surface area (Å²) in [7, 11) is -3.61. The fraction of sp³-hybridized carbons (Fsp3) is 0.111. The lowest BCUT2D eigenvalue weighted by Gasteiger charge is -2.05. The van der Waals surface area contributed by atoms with Crippen molar-refractivity contribution in [2.75, 3.05) is 5.73 Å². The first kappa shape index (κ1) is 11.6. The van der Waals surface area contributed by atoms with Crippen molar-refractivity contribution >= 4 is 15.8 Å². The quantitative estimate of drug-likeness (QED) is 0.802. The number of aromatic nitrogens is 2. The second-order valence-corrected chi connectivity index (χ2v) is 5.00. The van der Waals surface area contributed by atoms with Crippen LogP contribution in [0.15, 0.2) is 40.1 Å². The molecule has 2 rings (SSSR count). The number of nitrogens with zero attached hydrogens (tertiary/aromatic N) is 2. The second-order valence-electron chi connectivity index (χ2n) is 3.23. The molecule has 0 atom stereocenters. The molecule has 3 N–H and O–H groups in total. The number of nitrogens with two attached hydrogens (primary N) is 1. The smallest absolute Gasteiger partial charge is 0.241 e. The average Bonchev–Trinajstić information content (AvgIpc) is 2.79. The van der Waals surface area contributed by atoms with Gasteiger partial charge in [0.05, 0.1) is 17.1 Å². The van der Waals surface area contributed by atoms with Crippen molar-refractivity contribution < 1.29 is 12.9 Å². The number of nitrogen functional groups attached to an aromatic ring is 1. The largest absolute Gasteiger partial charge is 0.384 e. The Labute approximate surface area is 97.7 Å². The molecular weight excluding hydrogens is 244 g/mol. The van der Waals surface area contributed by atoms with E-state index in [9.17, 15) is 8.42 Å². The summed E-state index contributed by atoms with van der Waals surface area (Å²) in [5.41, 5.74) is 5.91. The first-order valence-electron chi connectivity index (χ1n) is 4.68. The Morgan fingerprint density at radius 2 is 2.24 bits per heavy atom. The lowest BCUT2D eigenvalue weighted by molar-refractivity contribution is 0.411.